The Morgan fingerprint density at radius 2 is 2.00 bits per heavy atom. The highest BCUT2D eigenvalue weighted by atomic mass is 16.5. The molecule has 5 heteroatoms. The normalized spacial score (nSPS) is 10.2. The highest BCUT2D eigenvalue weighted by molar-refractivity contribution is 5.90. The molecular formula is C16H19N3O2. The van der Waals surface area contributed by atoms with E-state index in [1.54, 1.807) is 18.3 Å². The van der Waals surface area contributed by atoms with E-state index in [1.165, 1.54) is 5.56 Å². The van der Waals surface area contributed by atoms with Crippen molar-refractivity contribution in [3.05, 3.63) is 48.2 Å². The molecule has 1 aromatic heterocycles. The average molecular weight is 285 g/mol. The molecule has 5 nitrogen and oxygen atoms in total. The Morgan fingerprint density at radius 3 is 2.62 bits per heavy atom. The number of rotatable bonds is 6. The minimum Gasteiger partial charge on any atom is -0.439 e. The van der Waals surface area contributed by atoms with Crippen LogP contribution in [0.4, 0.5) is 5.69 Å². The monoisotopic (exact) mass is 285 g/mol. The highest BCUT2D eigenvalue weighted by Crippen LogP contribution is 2.20. The standard InChI is InChI=1S/C16H19N3O2/c1-12-4-7-14(8-5-12)21-16-9-6-13(11-18-16)19-15(20)3-2-10-17/h4-9,11H,2-3,10,17H2,1H3,(H,19,20). The molecule has 0 radical (unpaired) electrons. The molecule has 21 heavy (non-hydrogen) atoms. The van der Waals surface area contributed by atoms with Crippen molar-refractivity contribution < 1.29 is 9.53 Å². The lowest BCUT2D eigenvalue weighted by Crippen LogP contribution is -2.13. The van der Waals surface area contributed by atoms with Crippen LogP contribution in [0.15, 0.2) is 42.6 Å². The number of anilines is 1. The van der Waals surface area contributed by atoms with Crippen LogP contribution in [0.1, 0.15) is 18.4 Å². The number of carbonyl (C=O) groups excluding carboxylic acids is 1. The molecule has 0 spiro atoms. The molecule has 2 aromatic rings. The zero-order valence-corrected chi connectivity index (χ0v) is 12.0. The number of amides is 1. The second-order valence-corrected chi connectivity index (χ2v) is 4.74. The molecule has 0 saturated heterocycles. The van der Waals surface area contributed by atoms with Gasteiger partial charge in [0.1, 0.15) is 5.75 Å². The summed E-state index contributed by atoms with van der Waals surface area (Å²) in [6.45, 7) is 2.53. The molecule has 0 fully saturated rings. The Balaban J connectivity index is 1.92. The maximum Gasteiger partial charge on any atom is 0.224 e. The fourth-order valence-electron chi connectivity index (χ4n) is 1.73. The third kappa shape index (κ3) is 4.89. The Bertz CT molecular complexity index is 579. The average Bonchev–Trinajstić information content (AvgIpc) is 2.49. The largest absolute Gasteiger partial charge is 0.439 e. The van der Waals surface area contributed by atoms with Gasteiger partial charge in [-0.15, -0.1) is 0 Å². The summed E-state index contributed by atoms with van der Waals surface area (Å²) in [6, 6.07) is 11.2. The molecule has 0 aliphatic carbocycles. The second kappa shape index (κ2) is 7.40. The third-order valence-electron chi connectivity index (χ3n) is 2.87. The van der Waals surface area contributed by atoms with Crippen LogP contribution in [-0.2, 0) is 4.79 Å². The summed E-state index contributed by atoms with van der Waals surface area (Å²) in [4.78, 5) is 15.7. The van der Waals surface area contributed by atoms with E-state index in [-0.39, 0.29) is 5.91 Å². The number of benzene rings is 1. The van der Waals surface area contributed by atoms with Crippen molar-refractivity contribution in [2.75, 3.05) is 11.9 Å². The maximum absolute atomic E-state index is 11.6. The Morgan fingerprint density at radius 1 is 1.24 bits per heavy atom. The fraction of sp³-hybridized carbons (Fsp3) is 0.250. The first-order valence-electron chi connectivity index (χ1n) is 6.88. The number of aromatic nitrogens is 1. The molecule has 0 bridgehead atoms. The number of nitrogens with zero attached hydrogens (tertiary/aromatic N) is 1. The second-order valence-electron chi connectivity index (χ2n) is 4.74. The van der Waals surface area contributed by atoms with Crippen LogP contribution in [-0.4, -0.2) is 17.4 Å². The Kier molecular flexibility index (Phi) is 5.29. The van der Waals surface area contributed by atoms with E-state index in [0.717, 1.165) is 5.75 Å². The van der Waals surface area contributed by atoms with Crippen LogP contribution in [0.5, 0.6) is 11.6 Å². The number of nitrogens with two attached hydrogens (primary N) is 1. The predicted molar refractivity (Wildman–Crippen MR) is 82.4 cm³/mol. The number of nitrogens with one attached hydrogen (secondary N) is 1. The van der Waals surface area contributed by atoms with E-state index in [2.05, 4.69) is 10.3 Å². The van der Waals surface area contributed by atoms with Crippen molar-refractivity contribution in [1.82, 2.24) is 4.98 Å². The van der Waals surface area contributed by atoms with E-state index >= 15 is 0 Å². The first-order valence-corrected chi connectivity index (χ1v) is 6.88. The summed E-state index contributed by atoms with van der Waals surface area (Å²) in [6.07, 6.45) is 2.66. The molecule has 1 heterocycles. The Hall–Kier alpha value is -2.40. The molecule has 3 N–H and O–H groups in total. The van der Waals surface area contributed by atoms with Gasteiger partial charge in [-0.05, 0) is 38.1 Å². The summed E-state index contributed by atoms with van der Waals surface area (Å²) in [5.74, 6) is 1.15. The van der Waals surface area contributed by atoms with Gasteiger partial charge in [0.05, 0.1) is 11.9 Å². The lowest BCUT2D eigenvalue weighted by Gasteiger charge is -2.07. The van der Waals surface area contributed by atoms with Gasteiger partial charge < -0.3 is 15.8 Å². The minimum atomic E-state index is -0.0607. The first-order chi connectivity index (χ1) is 10.2. The summed E-state index contributed by atoms with van der Waals surface area (Å²) in [5.41, 5.74) is 7.18. The smallest absolute Gasteiger partial charge is 0.224 e. The highest BCUT2D eigenvalue weighted by Gasteiger charge is 2.03. The number of pyridine rings is 1. The van der Waals surface area contributed by atoms with E-state index in [4.69, 9.17) is 10.5 Å². The van der Waals surface area contributed by atoms with Crippen LogP contribution < -0.4 is 15.8 Å². The molecule has 110 valence electrons. The number of hydrogen-bond donors (Lipinski definition) is 2. The predicted octanol–water partition coefficient (Wildman–Crippen LogP) is 2.86. The molecule has 0 aliphatic heterocycles. The fourth-order valence-corrected chi connectivity index (χ4v) is 1.73. The summed E-state index contributed by atoms with van der Waals surface area (Å²) in [7, 11) is 0. The summed E-state index contributed by atoms with van der Waals surface area (Å²) in [5, 5.41) is 2.76. The maximum atomic E-state index is 11.6. The van der Waals surface area contributed by atoms with Gasteiger partial charge in [-0.25, -0.2) is 4.98 Å². The van der Waals surface area contributed by atoms with Crippen molar-refractivity contribution in [2.45, 2.75) is 19.8 Å². The van der Waals surface area contributed by atoms with Gasteiger partial charge in [0.15, 0.2) is 0 Å². The van der Waals surface area contributed by atoms with Gasteiger partial charge in [0.2, 0.25) is 11.8 Å². The molecule has 1 amide bonds. The van der Waals surface area contributed by atoms with E-state index in [0.29, 0.717) is 31.0 Å². The van der Waals surface area contributed by atoms with Gasteiger partial charge >= 0.3 is 0 Å². The van der Waals surface area contributed by atoms with Gasteiger partial charge in [-0.1, -0.05) is 17.7 Å². The lowest BCUT2D eigenvalue weighted by atomic mass is 10.2. The van der Waals surface area contributed by atoms with Crippen LogP contribution in [0.2, 0.25) is 0 Å². The number of aryl methyl sites for hydroxylation is 1. The summed E-state index contributed by atoms with van der Waals surface area (Å²) < 4.78 is 5.62. The summed E-state index contributed by atoms with van der Waals surface area (Å²) >= 11 is 0. The van der Waals surface area contributed by atoms with Crippen LogP contribution >= 0.6 is 0 Å². The molecule has 0 aliphatic rings. The molecule has 0 unspecified atom stereocenters. The van der Waals surface area contributed by atoms with E-state index in [1.807, 2.05) is 31.2 Å². The van der Waals surface area contributed by atoms with E-state index < -0.39 is 0 Å². The van der Waals surface area contributed by atoms with Crippen molar-refractivity contribution in [3.8, 4) is 11.6 Å². The van der Waals surface area contributed by atoms with Gasteiger partial charge in [-0.3, -0.25) is 4.79 Å². The zero-order chi connectivity index (χ0) is 15.1. The molecular weight excluding hydrogens is 266 g/mol. The zero-order valence-electron chi connectivity index (χ0n) is 12.0. The van der Waals surface area contributed by atoms with Crippen LogP contribution in [0.25, 0.3) is 0 Å². The molecule has 0 saturated carbocycles. The number of hydrogen-bond acceptors (Lipinski definition) is 4. The van der Waals surface area contributed by atoms with E-state index in [9.17, 15) is 4.79 Å². The third-order valence-corrected chi connectivity index (χ3v) is 2.87. The first kappa shape index (κ1) is 15.0. The topological polar surface area (TPSA) is 77.2 Å². The van der Waals surface area contributed by atoms with Gasteiger partial charge in [0, 0.05) is 12.5 Å². The minimum absolute atomic E-state index is 0.0607. The molecule has 0 atom stereocenters. The molecule has 1 aromatic carbocycles. The van der Waals surface area contributed by atoms with Crippen molar-refractivity contribution >= 4 is 11.6 Å². The number of ether oxygens (including phenoxy) is 1. The lowest BCUT2D eigenvalue weighted by molar-refractivity contribution is -0.116. The van der Waals surface area contributed by atoms with Crippen molar-refractivity contribution in [1.29, 1.82) is 0 Å². The Labute approximate surface area is 124 Å². The van der Waals surface area contributed by atoms with Crippen molar-refractivity contribution in [3.63, 3.8) is 0 Å². The van der Waals surface area contributed by atoms with Crippen LogP contribution in [0, 0.1) is 6.92 Å². The van der Waals surface area contributed by atoms with Crippen molar-refractivity contribution in [2.24, 2.45) is 5.73 Å². The number of carbonyl (C=O) groups is 1. The van der Waals surface area contributed by atoms with Gasteiger partial charge in [0.25, 0.3) is 0 Å². The SMILES string of the molecule is Cc1ccc(Oc2ccc(NC(=O)CCCN)cn2)cc1. The van der Waals surface area contributed by atoms with Crippen LogP contribution in [0.3, 0.4) is 0 Å². The molecule has 2 rings (SSSR count). The quantitative estimate of drug-likeness (QED) is 0.855. The van der Waals surface area contributed by atoms with Gasteiger partial charge in [-0.2, -0.15) is 0 Å².